The number of hydrogen-bond donors (Lipinski definition) is 1. The highest BCUT2D eigenvalue weighted by Gasteiger charge is 2.30. The van der Waals surface area contributed by atoms with Crippen LogP contribution in [0.1, 0.15) is 25.8 Å². The first-order chi connectivity index (χ1) is 11.6. The third kappa shape index (κ3) is 3.27. The molecule has 1 aromatic carbocycles. The molecule has 0 spiro atoms. The third-order valence-corrected chi connectivity index (χ3v) is 4.32. The highest BCUT2D eigenvalue weighted by Crippen LogP contribution is 2.20. The number of carbonyl (C=O) groups excluding carboxylic acids is 1. The van der Waals surface area contributed by atoms with Crippen LogP contribution in [0.3, 0.4) is 0 Å². The number of carboxylic acid groups (broad SMARTS) is 1. The van der Waals surface area contributed by atoms with Crippen LogP contribution < -0.4 is 0 Å². The molecule has 1 saturated heterocycles. The molecular weight excluding hydrogens is 310 g/mol. The van der Waals surface area contributed by atoms with E-state index in [2.05, 4.69) is 15.4 Å². The van der Waals surface area contributed by atoms with Gasteiger partial charge in [0.05, 0.1) is 5.92 Å². The Balaban J connectivity index is 1.66. The van der Waals surface area contributed by atoms with Crippen molar-refractivity contribution in [3.8, 4) is 11.4 Å². The Hall–Kier alpha value is -2.77. The Bertz CT molecular complexity index is 722. The zero-order chi connectivity index (χ0) is 17.1. The molecule has 1 unspecified atom stereocenters. The van der Waals surface area contributed by atoms with Gasteiger partial charge in [-0.25, -0.2) is 0 Å². The molecule has 1 aliphatic heterocycles. The van der Waals surface area contributed by atoms with Gasteiger partial charge in [0, 0.05) is 18.7 Å². The van der Waals surface area contributed by atoms with Crippen LogP contribution in [0.25, 0.3) is 11.4 Å². The quantitative estimate of drug-likeness (QED) is 0.905. The van der Waals surface area contributed by atoms with E-state index >= 15 is 0 Å². The summed E-state index contributed by atoms with van der Waals surface area (Å²) in [6.45, 7) is 2.61. The molecule has 2 heterocycles. The summed E-state index contributed by atoms with van der Waals surface area (Å²) in [6.07, 6.45) is 0.960. The predicted molar refractivity (Wildman–Crippen MR) is 84.9 cm³/mol. The van der Waals surface area contributed by atoms with Crippen molar-refractivity contribution < 1.29 is 14.7 Å². The second kappa shape index (κ2) is 6.77. The highest BCUT2D eigenvalue weighted by molar-refractivity contribution is 5.80. The SMILES string of the molecule is CC(C(=O)N1CCC(C(=O)O)CC1)n1nnc(-c2ccccc2)n1. The summed E-state index contributed by atoms with van der Waals surface area (Å²) in [4.78, 5) is 26.5. The van der Waals surface area contributed by atoms with Crippen molar-refractivity contribution in [2.75, 3.05) is 13.1 Å². The normalized spacial score (nSPS) is 16.8. The summed E-state index contributed by atoms with van der Waals surface area (Å²) in [7, 11) is 0. The average molecular weight is 329 g/mol. The van der Waals surface area contributed by atoms with Crippen molar-refractivity contribution in [3.63, 3.8) is 0 Å². The van der Waals surface area contributed by atoms with Crippen molar-refractivity contribution in [3.05, 3.63) is 30.3 Å². The second-order valence-electron chi connectivity index (χ2n) is 5.91. The zero-order valence-electron chi connectivity index (χ0n) is 13.4. The van der Waals surface area contributed by atoms with Gasteiger partial charge in [0.2, 0.25) is 11.7 Å². The Morgan fingerprint density at radius 3 is 2.50 bits per heavy atom. The van der Waals surface area contributed by atoms with E-state index in [-0.39, 0.29) is 11.8 Å². The third-order valence-electron chi connectivity index (χ3n) is 4.32. The number of piperidine rings is 1. The Labute approximate surface area is 139 Å². The number of amides is 1. The smallest absolute Gasteiger partial charge is 0.306 e. The van der Waals surface area contributed by atoms with Crippen molar-refractivity contribution in [2.24, 2.45) is 5.92 Å². The average Bonchev–Trinajstić information content (AvgIpc) is 3.11. The first-order valence-electron chi connectivity index (χ1n) is 7.93. The molecular formula is C16H19N5O3. The van der Waals surface area contributed by atoms with Gasteiger partial charge in [-0.2, -0.15) is 4.80 Å². The number of carboxylic acids is 1. The summed E-state index contributed by atoms with van der Waals surface area (Å²) in [5.41, 5.74) is 0.839. The molecule has 24 heavy (non-hydrogen) atoms. The molecule has 8 heteroatoms. The van der Waals surface area contributed by atoms with Gasteiger partial charge in [-0.1, -0.05) is 30.3 Å². The van der Waals surface area contributed by atoms with Crippen LogP contribution in [0.2, 0.25) is 0 Å². The zero-order valence-corrected chi connectivity index (χ0v) is 13.4. The summed E-state index contributed by atoms with van der Waals surface area (Å²) < 4.78 is 0. The predicted octanol–water partition coefficient (Wildman–Crippen LogP) is 1.22. The van der Waals surface area contributed by atoms with Crippen LogP contribution in [0.4, 0.5) is 0 Å². The van der Waals surface area contributed by atoms with Crippen LogP contribution in [0, 0.1) is 5.92 Å². The summed E-state index contributed by atoms with van der Waals surface area (Å²) in [5.74, 6) is -0.796. The van der Waals surface area contributed by atoms with Gasteiger partial charge in [0.15, 0.2) is 0 Å². The molecule has 1 amide bonds. The minimum absolute atomic E-state index is 0.115. The van der Waals surface area contributed by atoms with Crippen LogP contribution in [0.15, 0.2) is 30.3 Å². The van der Waals surface area contributed by atoms with E-state index in [9.17, 15) is 9.59 Å². The lowest BCUT2D eigenvalue weighted by atomic mass is 9.97. The molecule has 0 radical (unpaired) electrons. The largest absolute Gasteiger partial charge is 0.481 e. The molecule has 1 N–H and O–H groups in total. The lowest BCUT2D eigenvalue weighted by Gasteiger charge is -2.31. The van der Waals surface area contributed by atoms with E-state index in [4.69, 9.17) is 5.11 Å². The Kier molecular flexibility index (Phi) is 4.54. The van der Waals surface area contributed by atoms with E-state index in [1.165, 1.54) is 4.80 Å². The van der Waals surface area contributed by atoms with Crippen LogP contribution in [0.5, 0.6) is 0 Å². The number of aromatic nitrogens is 4. The van der Waals surface area contributed by atoms with Gasteiger partial charge in [0.25, 0.3) is 0 Å². The number of benzene rings is 1. The Morgan fingerprint density at radius 1 is 1.21 bits per heavy atom. The number of likely N-dealkylation sites (tertiary alicyclic amines) is 1. The molecule has 1 aromatic heterocycles. The highest BCUT2D eigenvalue weighted by atomic mass is 16.4. The fourth-order valence-corrected chi connectivity index (χ4v) is 2.80. The molecule has 1 aliphatic rings. The van der Waals surface area contributed by atoms with Gasteiger partial charge >= 0.3 is 5.97 Å². The molecule has 0 aliphatic carbocycles. The van der Waals surface area contributed by atoms with Crippen molar-refractivity contribution in [1.82, 2.24) is 25.1 Å². The van der Waals surface area contributed by atoms with E-state index < -0.39 is 12.0 Å². The van der Waals surface area contributed by atoms with Crippen LogP contribution in [-0.2, 0) is 9.59 Å². The van der Waals surface area contributed by atoms with Crippen LogP contribution in [-0.4, -0.2) is 55.2 Å². The minimum Gasteiger partial charge on any atom is -0.481 e. The van der Waals surface area contributed by atoms with E-state index in [1.807, 2.05) is 30.3 Å². The first-order valence-corrected chi connectivity index (χ1v) is 7.93. The number of carbonyl (C=O) groups is 2. The molecule has 1 atom stereocenters. The molecule has 3 rings (SSSR count). The summed E-state index contributed by atoms with van der Waals surface area (Å²) >= 11 is 0. The van der Waals surface area contributed by atoms with E-state index in [0.717, 1.165) is 5.56 Å². The summed E-state index contributed by atoms with van der Waals surface area (Å²) in [5, 5.41) is 21.3. The monoisotopic (exact) mass is 329 g/mol. The van der Waals surface area contributed by atoms with Gasteiger partial charge < -0.3 is 10.0 Å². The number of rotatable bonds is 4. The first kappa shape index (κ1) is 16.1. The minimum atomic E-state index is -0.791. The number of nitrogens with zero attached hydrogens (tertiary/aromatic N) is 5. The van der Waals surface area contributed by atoms with Crippen LogP contribution >= 0.6 is 0 Å². The number of tetrazole rings is 1. The topological polar surface area (TPSA) is 101 Å². The van der Waals surface area contributed by atoms with Gasteiger partial charge in [-0.15, -0.1) is 10.2 Å². The van der Waals surface area contributed by atoms with Gasteiger partial charge in [0.1, 0.15) is 6.04 Å². The Morgan fingerprint density at radius 2 is 1.88 bits per heavy atom. The molecule has 0 saturated carbocycles. The van der Waals surface area contributed by atoms with Crippen molar-refractivity contribution in [2.45, 2.75) is 25.8 Å². The van der Waals surface area contributed by atoms with Gasteiger partial charge in [-0.3, -0.25) is 9.59 Å². The maximum absolute atomic E-state index is 12.6. The molecule has 1 fully saturated rings. The lowest BCUT2D eigenvalue weighted by Crippen LogP contribution is -2.43. The maximum atomic E-state index is 12.6. The standard InChI is InChI=1S/C16H19N5O3/c1-11(15(22)20-9-7-13(8-10-20)16(23)24)21-18-14(17-19-21)12-5-3-2-4-6-12/h2-6,11,13H,7-10H2,1H3,(H,23,24). The second-order valence-corrected chi connectivity index (χ2v) is 5.91. The number of aliphatic carboxylic acids is 1. The van der Waals surface area contributed by atoms with Crippen molar-refractivity contribution >= 4 is 11.9 Å². The van der Waals surface area contributed by atoms with Crippen molar-refractivity contribution in [1.29, 1.82) is 0 Å². The summed E-state index contributed by atoms with van der Waals surface area (Å²) in [6, 6.07) is 8.86. The molecule has 2 aromatic rings. The van der Waals surface area contributed by atoms with E-state index in [0.29, 0.717) is 31.8 Å². The molecule has 0 bridgehead atoms. The lowest BCUT2D eigenvalue weighted by molar-refractivity contribution is -0.146. The fraction of sp³-hybridized carbons (Fsp3) is 0.438. The molecule has 126 valence electrons. The number of hydrogen-bond acceptors (Lipinski definition) is 5. The fourth-order valence-electron chi connectivity index (χ4n) is 2.80. The molecule has 8 nitrogen and oxygen atoms in total. The van der Waals surface area contributed by atoms with E-state index in [1.54, 1.807) is 11.8 Å². The van der Waals surface area contributed by atoms with Gasteiger partial charge in [-0.05, 0) is 25.0 Å². The maximum Gasteiger partial charge on any atom is 0.306 e.